The van der Waals surface area contributed by atoms with Crippen molar-refractivity contribution in [1.82, 2.24) is 14.8 Å². The Kier molecular flexibility index (Phi) is 3.14. The third kappa shape index (κ3) is 2.03. The smallest absolute Gasteiger partial charge is 0.160 e. The minimum Gasteiger partial charge on any atom is -0.370 e. The SMILES string of the molecule is CCNc1cc(-c2ccccc2)c2c(C)nn(C)c2n1. The molecule has 0 aliphatic rings. The normalized spacial score (nSPS) is 10.9. The van der Waals surface area contributed by atoms with E-state index in [-0.39, 0.29) is 0 Å². The second kappa shape index (κ2) is 4.96. The summed E-state index contributed by atoms with van der Waals surface area (Å²) in [5.74, 6) is 0.891. The fourth-order valence-corrected chi connectivity index (χ4v) is 2.56. The summed E-state index contributed by atoms with van der Waals surface area (Å²) in [6.07, 6.45) is 0. The van der Waals surface area contributed by atoms with Gasteiger partial charge in [-0.25, -0.2) is 4.98 Å². The second-order valence-corrected chi connectivity index (χ2v) is 4.86. The predicted molar refractivity (Wildman–Crippen MR) is 82.8 cm³/mol. The summed E-state index contributed by atoms with van der Waals surface area (Å²) in [6, 6.07) is 12.5. The van der Waals surface area contributed by atoms with Crippen LogP contribution >= 0.6 is 0 Å². The van der Waals surface area contributed by atoms with Gasteiger partial charge in [-0.05, 0) is 31.0 Å². The largest absolute Gasteiger partial charge is 0.370 e. The monoisotopic (exact) mass is 266 g/mol. The van der Waals surface area contributed by atoms with Crippen molar-refractivity contribution < 1.29 is 0 Å². The molecule has 0 aliphatic carbocycles. The molecule has 3 aromatic rings. The number of hydrogen-bond donors (Lipinski definition) is 1. The maximum Gasteiger partial charge on any atom is 0.160 e. The van der Waals surface area contributed by atoms with Gasteiger partial charge in [-0.1, -0.05) is 30.3 Å². The van der Waals surface area contributed by atoms with Crippen LogP contribution in [0.25, 0.3) is 22.2 Å². The van der Waals surface area contributed by atoms with E-state index in [0.717, 1.165) is 29.1 Å². The summed E-state index contributed by atoms with van der Waals surface area (Å²) in [5, 5.41) is 8.92. The van der Waals surface area contributed by atoms with Crippen LogP contribution in [0.5, 0.6) is 0 Å². The lowest BCUT2D eigenvalue weighted by atomic mass is 10.0. The number of nitrogens with one attached hydrogen (secondary N) is 1. The summed E-state index contributed by atoms with van der Waals surface area (Å²) in [6.45, 7) is 4.95. The molecule has 0 unspecified atom stereocenters. The first-order chi connectivity index (χ1) is 9.70. The van der Waals surface area contributed by atoms with Gasteiger partial charge in [0.2, 0.25) is 0 Å². The molecule has 4 heteroatoms. The maximum atomic E-state index is 4.66. The lowest BCUT2D eigenvalue weighted by Crippen LogP contribution is -2.01. The summed E-state index contributed by atoms with van der Waals surface area (Å²) in [5.41, 5.74) is 4.30. The molecule has 2 heterocycles. The van der Waals surface area contributed by atoms with E-state index in [1.165, 1.54) is 11.1 Å². The summed E-state index contributed by atoms with van der Waals surface area (Å²) >= 11 is 0. The molecule has 1 N–H and O–H groups in total. The molecule has 4 nitrogen and oxygen atoms in total. The minimum atomic E-state index is 0.851. The molecule has 0 bridgehead atoms. The number of benzene rings is 1. The van der Waals surface area contributed by atoms with Crippen molar-refractivity contribution in [1.29, 1.82) is 0 Å². The molecule has 0 atom stereocenters. The third-order valence-electron chi connectivity index (χ3n) is 3.41. The summed E-state index contributed by atoms with van der Waals surface area (Å²) in [7, 11) is 1.94. The van der Waals surface area contributed by atoms with Gasteiger partial charge in [-0.2, -0.15) is 5.10 Å². The van der Waals surface area contributed by atoms with E-state index in [1.807, 2.05) is 24.7 Å². The Morgan fingerprint density at radius 2 is 1.95 bits per heavy atom. The van der Waals surface area contributed by atoms with Crippen molar-refractivity contribution in [3.05, 3.63) is 42.1 Å². The highest BCUT2D eigenvalue weighted by atomic mass is 15.3. The van der Waals surface area contributed by atoms with Crippen molar-refractivity contribution in [3.8, 4) is 11.1 Å². The molecular weight excluding hydrogens is 248 g/mol. The van der Waals surface area contributed by atoms with Gasteiger partial charge in [0.15, 0.2) is 5.65 Å². The van der Waals surface area contributed by atoms with Crippen molar-refractivity contribution in [2.24, 2.45) is 7.05 Å². The Labute approximate surface area is 118 Å². The molecule has 102 valence electrons. The zero-order valence-corrected chi connectivity index (χ0v) is 12.0. The van der Waals surface area contributed by atoms with Crippen molar-refractivity contribution in [3.63, 3.8) is 0 Å². The van der Waals surface area contributed by atoms with E-state index in [1.54, 1.807) is 0 Å². The molecule has 1 aromatic carbocycles. The quantitative estimate of drug-likeness (QED) is 0.790. The van der Waals surface area contributed by atoms with Gasteiger partial charge in [-0.15, -0.1) is 0 Å². The average Bonchev–Trinajstić information content (AvgIpc) is 2.75. The van der Waals surface area contributed by atoms with Gasteiger partial charge in [0.25, 0.3) is 0 Å². The number of fused-ring (bicyclic) bond motifs is 1. The average molecular weight is 266 g/mol. The zero-order chi connectivity index (χ0) is 14.1. The zero-order valence-electron chi connectivity index (χ0n) is 12.0. The summed E-state index contributed by atoms with van der Waals surface area (Å²) in [4.78, 5) is 4.66. The van der Waals surface area contributed by atoms with Crippen LogP contribution in [-0.2, 0) is 7.05 Å². The van der Waals surface area contributed by atoms with Crippen LogP contribution in [-0.4, -0.2) is 21.3 Å². The van der Waals surface area contributed by atoms with Gasteiger partial charge in [-0.3, -0.25) is 4.68 Å². The van der Waals surface area contributed by atoms with Gasteiger partial charge in [0.1, 0.15) is 5.82 Å². The van der Waals surface area contributed by atoms with Crippen LogP contribution in [0.1, 0.15) is 12.6 Å². The van der Waals surface area contributed by atoms with Gasteiger partial charge in [0.05, 0.1) is 5.69 Å². The molecule has 0 fully saturated rings. The molecule has 0 saturated carbocycles. The Balaban J connectivity index is 2.33. The van der Waals surface area contributed by atoms with Crippen LogP contribution in [0.4, 0.5) is 5.82 Å². The van der Waals surface area contributed by atoms with Gasteiger partial charge in [0, 0.05) is 19.0 Å². The molecule has 0 amide bonds. The van der Waals surface area contributed by atoms with E-state index in [9.17, 15) is 0 Å². The number of aryl methyl sites for hydroxylation is 2. The predicted octanol–water partition coefficient (Wildman–Crippen LogP) is 3.38. The number of anilines is 1. The van der Waals surface area contributed by atoms with Gasteiger partial charge >= 0.3 is 0 Å². The topological polar surface area (TPSA) is 42.7 Å². The minimum absolute atomic E-state index is 0.851. The lowest BCUT2D eigenvalue weighted by Gasteiger charge is -2.09. The molecular formula is C16H18N4. The van der Waals surface area contributed by atoms with E-state index in [4.69, 9.17) is 0 Å². The molecule has 20 heavy (non-hydrogen) atoms. The molecule has 0 saturated heterocycles. The number of nitrogens with zero attached hydrogens (tertiary/aromatic N) is 3. The number of pyridine rings is 1. The molecule has 0 aliphatic heterocycles. The van der Waals surface area contributed by atoms with Crippen molar-refractivity contribution in [2.45, 2.75) is 13.8 Å². The Bertz CT molecular complexity index is 744. The second-order valence-electron chi connectivity index (χ2n) is 4.86. The number of aromatic nitrogens is 3. The van der Waals surface area contributed by atoms with E-state index in [2.05, 4.69) is 52.7 Å². The highest BCUT2D eigenvalue weighted by Gasteiger charge is 2.14. The number of hydrogen-bond acceptors (Lipinski definition) is 3. The van der Waals surface area contributed by atoms with Crippen LogP contribution in [0.15, 0.2) is 36.4 Å². The fraction of sp³-hybridized carbons (Fsp3) is 0.250. The molecule has 3 rings (SSSR count). The first-order valence-corrected chi connectivity index (χ1v) is 6.84. The Morgan fingerprint density at radius 3 is 2.65 bits per heavy atom. The Hall–Kier alpha value is -2.36. The van der Waals surface area contributed by atoms with Crippen molar-refractivity contribution >= 4 is 16.9 Å². The van der Waals surface area contributed by atoms with Crippen LogP contribution < -0.4 is 5.32 Å². The van der Waals surface area contributed by atoms with Crippen LogP contribution in [0, 0.1) is 6.92 Å². The highest BCUT2D eigenvalue weighted by Crippen LogP contribution is 2.31. The van der Waals surface area contributed by atoms with E-state index >= 15 is 0 Å². The number of rotatable bonds is 3. The maximum absolute atomic E-state index is 4.66. The van der Waals surface area contributed by atoms with Gasteiger partial charge < -0.3 is 5.32 Å². The standard InChI is InChI=1S/C16H18N4/c1-4-17-14-10-13(12-8-6-5-7-9-12)15-11(2)19-20(3)16(15)18-14/h5-10H,4H2,1-3H3,(H,17,18). The highest BCUT2D eigenvalue weighted by molar-refractivity contribution is 5.96. The Morgan fingerprint density at radius 1 is 1.20 bits per heavy atom. The van der Waals surface area contributed by atoms with Crippen LogP contribution in [0.3, 0.4) is 0 Å². The molecule has 0 spiro atoms. The third-order valence-corrected chi connectivity index (χ3v) is 3.41. The fourth-order valence-electron chi connectivity index (χ4n) is 2.56. The van der Waals surface area contributed by atoms with E-state index in [0.29, 0.717) is 0 Å². The molecule has 0 radical (unpaired) electrons. The van der Waals surface area contributed by atoms with Crippen molar-refractivity contribution in [2.75, 3.05) is 11.9 Å². The summed E-state index contributed by atoms with van der Waals surface area (Å²) < 4.78 is 1.85. The van der Waals surface area contributed by atoms with Crippen LogP contribution in [0.2, 0.25) is 0 Å². The first kappa shape index (κ1) is 12.7. The molecule has 2 aromatic heterocycles. The van der Waals surface area contributed by atoms with E-state index < -0.39 is 0 Å². The lowest BCUT2D eigenvalue weighted by molar-refractivity contribution is 0.774. The first-order valence-electron chi connectivity index (χ1n) is 6.84.